The van der Waals surface area contributed by atoms with Gasteiger partial charge in [0.15, 0.2) is 0 Å². The van der Waals surface area contributed by atoms with Crippen LogP contribution < -0.4 is 10.3 Å². The van der Waals surface area contributed by atoms with Crippen LogP contribution >= 0.6 is 0 Å². The number of hydrogen-bond donors (Lipinski definition) is 1. The van der Waals surface area contributed by atoms with E-state index in [4.69, 9.17) is 4.74 Å². The minimum absolute atomic E-state index is 0.114. The van der Waals surface area contributed by atoms with Crippen molar-refractivity contribution < 1.29 is 4.74 Å². The standard InChI is InChI=1S/C22H20N2O2/c1-4-26-17-8-6-16(7-9-17)19-12-21(24-22(25)20(19)13-23)18-10-5-14(2)11-15(18)3/h5-12H,4H2,1-3H3,(H,24,25). The van der Waals surface area contributed by atoms with Crippen LogP contribution in [0.5, 0.6) is 5.75 Å². The van der Waals surface area contributed by atoms with Gasteiger partial charge in [-0.1, -0.05) is 35.9 Å². The molecule has 1 heterocycles. The van der Waals surface area contributed by atoms with Gasteiger partial charge >= 0.3 is 0 Å². The molecule has 130 valence electrons. The van der Waals surface area contributed by atoms with Crippen LogP contribution in [0.1, 0.15) is 23.6 Å². The van der Waals surface area contributed by atoms with E-state index in [0.717, 1.165) is 28.0 Å². The summed E-state index contributed by atoms with van der Waals surface area (Å²) in [6, 6.07) is 17.4. The molecule has 1 aromatic heterocycles. The molecule has 4 nitrogen and oxygen atoms in total. The van der Waals surface area contributed by atoms with E-state index in [9.17, 15) is 10.1 Å². The number of hydrogen-bond acceptors (Lipinski definition) is 3. The quantitative estimate of drug-likeness (QED) is 0.752. The Kier molecular flexibility index (Phi) is 4.90. The molecule has 0 radical (unpaired) electrons. The van der Waals surface area contributed by atoms with Gasteiger partial charge in [0.25, 0.3) is 5.56 Å². The lowest BCUT2D eigenvalue weighted by Crippen LogP contribution is -2.13. The van der Waals surface area contributed by atoms with Crippen LogP contribution in [0.3, 0.4) is 0 Å². The minimum Gasteiger partial charge on any atom is -0.494 e. The van der Waals surface area contributed by atoms with Gasteiger partial charge < -0.3 is 9.72 Å². The lowest BCUT2D eigenvalue weighted by atomic mass is 9.97. The summed E-state index contributed by atoms with van der Waals surface area (Å²) in [4.78, 5) is 15.3. The van der Waals surface area contributed by atoms with Crippen molar-refractivity contribution in [1.29, 1.82) is 5.26 Å². The second-order valence-corrected chi connectivity index (χ2v) is 6.19. The zero-order chi connectivity index (χ0) is 18.7. The van der Waals surface area contributed by atoms with Gasteiger partial charge in [0.1, 0.15) is 17.4 Å². The van der Waals surface area contributed by atoms with E-state index in [1.807, 2.05) is 69.3 Å². The summed E-state index contributed by atoms with van der Waals surface area (Å²) in [7, 11) is 0. The molecule has 3 aromatic rings. The van der Waals surface area contributed by atoms with E-state index in [1.165, 1.54) is 0 Å². The van der Waals surface area contributed by atoms with Gasteiger partial charge in [0.2, 0.25) is 0 Å². The van der Waals surface area contributed by atoms with Crippen LogP contribution in [-0.4, -0.2) is 11.6 Å². The van der Waals surface area contributed by atoms with Crippen molar-refractivity contribution in [2.24, 2.45) is 0 Å². The molecule has 0 aliphatic rings. The van der Waals surface area contributed by atoms with Crippen LogP contribution in [0, 0.1) is 25.2 Å². The molecule has 3 rings (SSSR count). The molecule has 0 amide bonds. The third kappa shape index (κ3) is 3.38. The van der Waals surface area contributed by atoms with Crippen molar-refractivity contribution in [3.8, 4) is 34.2 Å². The molecule has 2 aromatic carbocycles. The van der Waals surface area contributed by atoms with Crippen LogP contribution in [-0.2, 0) is 0 Å². The lowest BCUT2D eigenvalue weighted by molar-refractivity contribution is 0.340. The third-order valence-electron chi connectivity index (χ3n) is 4.29. The maximum atomic E-state index is 12.5. The van der Waals surface area contributed by atoms with Crippen LogP contribution in [0.4, 0.5) is 0 Å². The van der Waals surface area contributed by atoms with Crippen molar-refractivity contribution in [3.05, 3.63) is 75.6 Å². The zero-order valence-corrected chi connectivity index (χ0v) is 15.1. The topological polar surface area (TPSA) is 65.9 Å². The highest BCUT2D eigenvalue weighted by molar-refractivity contribution is 5.76. The Morgan fingerprint density at radius 1 is 1.04 bits per heavy atom. The predicted molar refractivity (Wildman–Crippen MR) is 103 cm³/mol. The second kappa shape index (κ2) is 7.28. The maximum absolute atomic E-state index is 12.5. The van der Waals surface area contributed by atoms with Gasteiger partial charge in [0, 0.05) is 16.8 Å². The van der Waals surface area contributed by atoms with E-state index < -0.39 is 0 Å². The number of benzene rings is 2. The Morgan fingerprint density at radius 2 is 1.77 bits per heavy atom. The first-order chi connectivity index (χ1) is 12.5. The average Bonchev–Trinajstić information content (AvgIpc) is 2.62. The monoisotopic (exact) mass is 344 g/mol. The molecular weight excluding hydrogens is 324 g/mol. The van der Waals surface area contributed by atoms with Gasteiger partial charge in [-0.3, -0.25) is 4.79 Å². The maximum Gasteiger partial charge on any atom is 0.266 e. The molecule has 4 heteroatoms. The minimum atomic E-state index is -0.381. The summed E-state index contributed by atoms with van der Waals surface area (Å²) >= 11 is 0. The highest BCUT2D eigenvalue weighted by Gasteiger charge is 2.13. The molecular formula is C22H20N2O2. The number of aromatic amines is 1. The van der Waals surface area contributed by atoms with Gasteiger partial charge in [0.05, 0.1) is 6.61 Å². The Morgan fingerprint density at radius 3 is 2.38 bits per heavy atom. The summed E-state index contributed by atoms with van der Waals surface area (Å²) in [5.41, 5.74) is 5.05. The summed E-state index contributed by atoms with van der Waals surface area (Å²) in [6.07, 6.45) is 0. The van der Waals surface area contributed by atoms with Gasteiger partial charge in [-0.15, -0.1) is 0 Å². The summed E-state index contributed by atoms with van der Waals surface area (Å²) in [6.45, 7) is 6.55. The van der Waals surface area contributed by atoms with Gasteiger partial charge in [-0.25, -0.2) is 0 Å². The fraction of sp³-hybridized carbons (Fsp3) is 0.182. The third-order valence-corrected chi connectivity index (χ3v) is 4.29. The Labute approximate surface area is 152 Å². The Hall–Kier alpha value is -3.32. The number of nitrogens with one attached hydrogen (secondary N) is 1. The van der Waals surface area contributed by atoms with Crippen LogP contribution in [0.2, 0.25) is 0 Å². The molecule has 0 spiro atoms. The van der Waals surface area contributed by atoms with E-state index >= 15 is 0 Å². The second-order valence-electron chi connectivity index (χ2n) is 6.19. The molecule has 0 aliphatic heterocycles. The zero-order valence-electron chi connectivity index (χ0n) is 15.1. The molecule has 0 fully saturated rings. The Balaban J connectivity index is 2.17. The van der Waals surface area contributed by atoms with E-state index in [2.05, 4.69) is 11.1 Å². The number of ether oxygens (including phenoxy) is 1. The largest absolute Gasteiger partial charge is 0.494 e. The van der Waals surface area contributed by atoms with Crippen molar-refractivity contribution in [2.75, 3.05) is 6.61 Å². The fourth-order valence-corrected chi connectivity index (χ4v) is 3.06. The number of pyridine rings is 1. The van der Waals surface area contributed by atoms with E-state index in [0.29, 0.717) is 17.9 Å². The summed E-state index contributed by atoms with van der Waals surface area (Å²) in [5.74, 6) is 0.759. The normalized spacial score (nSPS) is 10.4. The van der Waals surface area contributed by atoms with Gasteiger partial charge in [-0.05, 0) is 50.1 Å². The lowest BCUT2D eigenvalue weighted by Gasteiger charge is -2.11. The number of rotatable bonds is 4. The smallest absolute Gasteiger partial charge is 0.266 e. The highest BCUT2D eigenvalue weighted by Crippen LogP contribution is 2.29. The van der Waals surface area contributed by atoms with Crippen molar-refractivity contribution in [2.45, 2.75) is 20.8 Å². The van der Waals surface area contributed by atoms with Crippen molar-refractivity contribution in [3.63, 3.8) is 0 Å². The molecule has 0 saturated heterocycles. The summed E-state index contributed by atoms with van der Waals surface area (Å²) < 4.78 is 5.46. The van der Waals surface area contributed by atoms with E-state index in [-0.39, 0.29) is 11.1 Å². The van der Waals surface area contributed by atoms with Gasteiger partial charge in [-0.2, -0.15) is 5.26 Å². The number of H-pyrrole nitrogens is 1. The number of nitrogens with zero attached hydrogens (tertiary/aromatic N) is 1. The number of nitriles is 1. The molecule has 1 N–H and O–H groups in total. The highest BCUT2D eigenvalue weighted by atomic mass is 16.5. The summed E-state index contributed by atoms with van der Waals surface area (Å²) in [5, 5.41) is 9.46. The molecule has 0 bridgehead atoms. The molecule has 0 aliphatic carbocycles. The van der Waals surface area contributed by atoms with Crippen LogP contribution in [0.15, 0.2) is 53.3 Å². The van der Waals surface area contributed by atoms with E-state index in [1.54, 1.807) is 0 Å². The average molecular weight is 344 g/mol. The first-order valence-electron chi connectivity index (χ1n) is 8.51. The molecule has 0 atom stereocenters. The van der Waals surface area contributed by atoms with Crippen molar-refractivity contribution in [1.82, 2.24) is 4.98 Å². The van der Waals surface area contributed by atoms with Crippen LogP contribution in [0.25, 0.3) is 22.4 Å². The predicted octanol–water partition coefficient (Wildman–Crippen LogP) is 4.60. The first kappa shape index (κ1) is 17.5. The van der Waals surface area contributed by atoms with Crippen molar-refractivity contribution >= 4 is 0 Å². The first-order valence-corrected chi connectivity index (χ1v) is 8.51. The number of aryl methyl sites for hydroxylation is 2. The Bertz CT molecular complexity index is 1040. The number of aromatic nitrogens is 1. The molecule has 0 saturated carbocycles. The molecule has 0 unspecified atom stereocenters. The molecule has 26 heavy (non-hydrogen) atoms. The SMILES string of the molecule is CCOc1ccc(-c2cc(-c3ccc(C)cc3C)[nH]c(=O)c2C#N)cc1. The fourth-order valence-electron chi connectivity index (χ4n) is 3.06.